The molecule has 0 heteroatoms. The average molecular weight is 330 g/mol. The van der Waals surface area contributed by atoms with E-state index in [4.69, 9.17) is 0 Å². The molecule has 4 aromatic carbocycles. The number of benzene rings is 4. The van der Waals surface area contributed by atoms with Crippen molar-refractivity contribution in [3.8, 4) is 11.1 Å². The average Bonchev–Trinajstić information content (AvgIpc) is 3.10. The van der Waals surface area contributed by atoms with E-state index in [0.29, 0.717) is 0 Å². The van der Waals surface area contributed by atoms with Gasteiger partial charge in [0, 0.05) is 0 Å². The molecule has 0 N–H and O–H groups in total. The Balaban J connectivity index is 1.93. The van der Waals surface area contributed by atoms with Gasteiger partial charge < -0.3 is 0 Å². The number of fused-ring (bicyclic) bond motifs is 3. The van der Waals surface area contributed by atoms with Gasteiger partial charge in [-0.15, -0.1) is 0 Å². The second kappa shape index (κ2) is 6.16. The van der Waals surface area contributed by atoms with Gasteiger partial charge >= 0.3 is 0 Å². The van der Waals surface area contributed by atoms with Crippen molar-refractivity contribution >= 4 is 11.6 Å². The van der Waals surface area contributed by atoms with Gasteiger partial charge in [0.2, 0.25) is 0 Å². The minimum Gasteiger partial charge on any atom is -0.0622 e. The number of hydrogen-bond acceptors (Lipinski definition) is 0. The molecule has 0 unspecified atom stereocenters. The van der Waals surface area contributed by atoms with Crippen molar-refractivity contribution in [2.24, 2.45) is 0 Å². The Labute approximate surface area is 153 Å². The molecule has 0 saturated heterocycles. The van der Waals surface area contributed by atoms with Gasteiger partial charge in [-0.2, -0.15) is 0 Å². The van der Waals surface area contributed by atoms with E-state index in [2.05, 4.69) is 109 Å². The first-order valence-electron chi connectivity index (χ1n) is 8.97. The first-order chi connectivity index (χ1) is 12.9. The van der Waals surface area contributed by atoms with Crippen LogP contribution in [0.3, 0.4) is 0 Å². The topological polar surface area (TPSA) is 0 Å². The summed E-state index contributed by atoms with van der Waals surface area (Å²) in [4.78, 5) is 0. The fourth-order valence-electron chi connectivity index (χ4n) is 3.88. The molecule has 4 aromatic rings. The molecule has 122 valence electrons. The summed E-state index contributed by atoms with van der Waals surface area (Å²) in [6, 6.07) is 36.7. The molecule has 0 bridgehead atoms. The van der Waals surface area contributed by atoms with Crippen LogP contribution in [0.15, 0.2) is 103 Å². The van der Waals surface area contributed by atoms with Crippen molar-refractivity contribution in [2.45, 2.75) is 0 Å². The molecule has 0 spiro atoms. The van der Waals surface area contributed by atoms with Gasteiger partial charge in [-0.25, -0.2) is 0 Å². The molecule has 5 rings (SSSR count). The van der Waals surface area contributed by atoms with Crippen LogP contribution in [0, 0.1) is 0 Å². The Morgan fingerprint density at radius 2 is 1.04 bits per heavy atom. The smallest absolute Gasteiger partial charge is 0.00326 e. The molecule has 0 radical (unpaired) electrons. The Hall–Kier alpha value is -3.38. The van der Waals surface area contributed by atoms with Crippen molar-refractivity contribution in [3.05, 3.63) is 130 Å². The molecule has 0 aromatic heterocycles. The fourth-order valence-corrected chi connectivity index (χ4v) is 3.88. The summed E-state index contributed by atoms with van der Waals surface area (Å²) in [6.45, 7) is 0. The lowest BCUT2D eigenvalue weighted by Crippen LogP contribution is -2.28. The lowest BCUT2D eigenvalue weighted by molar-refractivity contribution is 1.45. The van der Waals surface area contributed by atoms with E-state index in [1.54, 1.807) is 0 Å². The molecule has 0 heterocycles. The summed E-state index contributed by atoms with van der Waals surface area (Å²) < 4.78 is 0. The molecule has 1 aliphatic rings. The Bertz CT molecular complexity index is 1160. The van der Waals surface area contributed by atoms with E-state index in [1.807, 2.05) is 0 Å². The van der Waals surface area contributed by atoms with E-state index >= 15 is 0 Å². The second-order valence-corrected chi connectivity index (χ2v) is 6.61. The molecule has 26 heavy (non-hydrogen) atoms. The van der Waals surface area contributed by atoms with Crippen LogP contribution in [0.1, 0.15) is 16.7 Å². The van der Waals surface area contributed by atoms with Crippen LogP contribution in [0.5, 0.6) is 0 Å². The highest BCUT2D eigenvalue weighted by Gasteiger charge is 2.14. The molecular weight excluding hydrogens is 312 g/mol. The van der Waals surface area contributed by atoms with Gasteiger partial charge in [0.15, 0.2) is 0 Å². The summed E-state index contributed by atoms with van der Waals surface area (Å²) in [5.74, 6) is 0. The van der Waals surface area contributed by atoms with E-state index in [1.165, 1.54) is 43.8 Å². The van der Waals surface area contributed by atoms with Crippen LogP contribution in [-0.4, -0.2) is 0 Å². The maximum absolute atomic E-state index is 2.33. The molecule has 0 fully saturated rings. The maximum Gasteiger partial charge on any atom is -0.00326 e. The molecule has 0 nitrogen and oxygen atoms in total. The zero-order valence-corrected chi connectivity index (χ0v) is 14.4. The number of hydrogen-bond donors (Lipinski definition) is 0. The zero-order valence-electron chi connectivity index (χ0n) is 14.4. The van der Waals surface area contributed by atoms with Gasteiger partial charge in [0.1, 0.15) is 0 Å². The standard InChI is InChI=1S/C26H18/c1-3-10-19(11-4-1)26(20-12-5-2-6-13-20)24-17-9-16-23-22-15-8-7-14-21(22)18-25(23)24/h1-18H. The second-order valence-electron chi connectivity index (χ2n) is 6.61. The largest absolute Gasteiger partial charge is 0.0622 e. The van der Waals surface area contributed by atoms with Crippen LogP contribution in [0.25, 0.3) is 22.8 Å². The fraction of sp³-hybridized carbons (Fsp3) is 0. The molecular formula is C26H18. The molecule has 0 atom stereocenters. The normalized spacial score (nSPS) is 11.4. The van der Waals surface area contributed by atoms with Gasteiger partial charge in [-0.05, 0) is 49.9 Å². The van der Waals surface area contributed by atoms with E-state index in [9.17, 15) is 0 Å². The maximum atomic E-state index is 2.33. The van der Waals surface area contributed by atoms with Crippen molar-refractivity contribution < 1.29 is 0 Å². The third-order valence-corrected chi connectivity index (χ3v) is 5.05. The predicted molar refractivity (Wildman–Crippen MR) is 109 cm³/mol. The lowest BCUT2D eigenvalue weighted by atomic mass is 9.94. The van der Waals surface area contributed by atoms with E-state index in [-0.39, 0.29) is 0 Å². The quantitative estimate of drug-likeness (QED) is 0.438. The molecule has 0 saturated carbocycles. The van der Waals surface area contributed by atoms with Crippen molar-refractivity contribution in [2.75, 3.05) is 0 Å². The third-order valence-electron chi connectivity index (χ3n) is 5.05. The Morgan fingerprint density at radius 3 is 1.73 bits per heavy atom. The summed E-state index contributed by atoms with van der Waals surface area (Å²) in [5, 5.41) is 2.60. The van der Waals surface area contributed by atoms with E-state index < -0.39 is 0 Å². The van der Waals surface area contributed by atoms with Gasteiger partial charge in [-0.1, -0.05) is 103 Å². The monoisotopic (exact) mass is 330 g/mol. The van der Waals surface area contributed by atoms with Gasteiger partial charge in [0.25, 0.3) is 0 Å². The van der Waals surface area contributed by atoms with Gasteiger partial charge in [0.05, 0.1) is 0 Å². The summed E-state index contributed by atoms with van der Waals surface area (Å²) >= 11 is 0. The first kappa shape index (κ1) is 14.9. The van der Waals surface area contributed by atoms with Crippen LogP contribution >= 0.6 is 0 Å². The third kappa shape index (κ3) is 2.39. The first-order valence-corrected chi connectivity index (χ1v) is 8.97. The van der Waals surface area contributed by atoms with Crippen LogP contribution < -0.4 is 10.4 Å². The highest BCUT2D eigenvalue weighted by atomic mass is 14.2. The van der Waals surface area contributed by atoms with E-state index in [0.717, 1.165) is 0 Å². The molecule has 0 aliphatic heterocycles. The van der Waals surface area contributed by atoms with Crippen molar-refractivity contribution in [3.63, 3.8) is 0 Å². The minimum atomic E-state index is 1.25. The van der Waals surface area contributed by atoms with Crippen molar-refractivity contribution in [1.29, 1.82) is 0 Å². The minimum absolute atomic E-state index is 1.25. The lowest BCUT2D eigenvalue weighted by Gasteiger charge is -2.10. The predicted octanol–water partition coefficient (Wildman–Crippen LogP) is 4.74. The molecule has 0 amide bonds. The van der Waals surface area contributed by atoms with Crippen LogP contribution in [-0.2, 0) is 0 Å². The Morgan fingerprint density at radius 1 is 0.462 bits per heavy atom. The zero-order chi connectivity index (χ0) is 17.3. The summed E-state index contributed by atoms with van der Waals surface area (Å²) in [6.07, 6.45) is 2.33. The van der Waals surface area contributed by atoms with Crippen LogP contribution in [0.2, 0.25) is 0 Å². The van der Waals surface area contributed by atoms with Crippen molar-refractivity contribution in [1.82, 2.24) is 0 Å². The Kier molecular flexibility index (Phi) is 3.54. The number of rotatable bonds is 2. The summed E-state index contributed by atoms with van der Waals surface area (Å²) in [5.41, 5.74) is 7.72. The van der Waals surface area contributed by atoms with Gasteiger partial charge in [-0.3, -0.25) is 0 Å². The SMILES string of the molecule is C1=c2c(cccc2=C(c2ccccc2)c2ccccc2)-c2ccccc21. The highest BCUT2D eigenvalue weighted by Crippen LogP contribution is 2.26. The molecule has 1 aliphatic carbocycles. The highest BCUT2D eigenvalue weighted by molar-refractivity contribution is 5.86. The van der Waals surface area contributed by atoms with Crippen LogP contribution in [0.4, 0.5) is 0 Å². The summed E-state index contributed by atoms with van der Waals surface area (Å²) in [7, 11) is 0.